The normalized spacial score (nSPS) is 19.4. The summed E-state index contributed by atoms with van der Waals surface area (Å²) in [5, 5.41) is 17.1. The lowest BCUT2D eigenvalue weighted by molar-refractivity contribution is 0.0792. The van der Waals surface area contributed by atoms with Crippen LogP contribution >= 0.6 is 0 Å². The highest BCUT2D eigenvalue weighted by atomic mass is 16.5. The van der Waals surface area contributed by atoms with Gasteiger partial charge in [-0.2, -0.15) is 0 Å². The second-order valence-electron chi connectivity index (χ2n) is 8.75. The van der Waals surface area contributed by atoms with E-state index in [1.165, 1.54) is 11.1 Å². The van der Waals surface area contributed by atoms with Crippen molar-refractivity contribution in [3.8, 4) is 0 Å². The third-order valence-electron chi connectivity index (χ3n) is 6.28. The number of hydrogen-bond donors (Lipinski definition) is 2. The minimum absolute atomic E-state index is 0.117. The first kappa shape index (κ1) is 22.8. The van der Waals surface area contributed by atoms with Gasteiger partial charge in [-0.25, -0.2) is 4.99 Å². The van der Waals surface area contributed by atoms with Crippen LogP contribution in [0, 0.1) is 0 Å². The number of hydrogen-bond acceptors (Lipinski definition) is 6. The lowest BCUT2D eigenvalue weighted by atomic mass is 10.1. The van der Waals surface area contributed by atoms with Crippen molar-refractivity contribution in [1.29, 1.82) is 0 Å². The van der Waals surface area contributed by atoms with Crippen molar-refractivity contribution in [2.24, 2.45) is 4.99 Å². The summed E-state index contributed by atoms with van der Waals surface area (Å²) in [7, 11) is 0. The Morgan fingerprint density at radius 3 is 2.34 bits per heavy atom. The van der Waals surface area contributed by atoms with Crippen LogP contribution in [0.5, 0.6) is 0 Å². The van der Waals surface area contributed by atoms with E-state index in [1.54, 1.807) is 6.26 Å². The molecule has 0 bridgehead atoms. The quantitative estimate of drug-likeness (QED) is 0.503. The van der Waals surface area contributed by atoms with Gasteiger partial charge in [0.05, 0.1) is 18.3 Å². The SMILES string of the molecule is CCNC(=NCc1ccc(CN2CCC(O)CC2)cc1)N1CCN(Cc2ccon2)CC1. The molecule has 0 spiro atoms. The molecule has 4 rings (SSSR count). The van der Waals surface area contributed by atoms with Crippen LogP contribution in [-0.2, 0) is 19.6 Å². The number of aliphatic hydroxyl groups is 1. The molecule has 0 unspecified atom stereocenters. The molecule has 0 radical (unpaired) electrons. The zero-order valence-electron chi connectivity index (χ0n) is 19.1. The molecule has 32 heavy (non-hydrogen) atoms. The predicted molar refractivity (Wildman–Crippen MR) is 125 cm³/mol. The molecule has 2 aromatic rings. The summed E-state index contributed by atoms with van der Waals surface area (Å²) in [4.78, 5) is 12.1. The van der Waals surface area contributed by atoms with E-state index in [1.807, 2.05) is 6.07 Å². The van der Waals surface area contributed by atoms with Gasteiger partial charge in [0.1, 0.15) is 6.26 Å². The number of nitrogens with zero attached hydrogens (tertiary/aromatic N) is 5. The molecule has 0 saturated carbocycles. The van der Waals surface area contributed by atoms with Crippen molar-refractivity contribution in [3.05, 3.63) is 53.4 Å². The molecule has 2 fully saturated rings. The van der Waals surface area contributed by atoms with E-state index in [0.29, 0.717) is 6.54 Å². The van der Waals surface area contributed by atoms with Crippen molar-refractivity contribution in [3.63, 3.8) is 0 Å². The van der Waals surface area contributed by atoms with Crippen LogP contribution in [-0.4, -0.2) is 82.8 Å². The number of guanidine groups is 1. The Morgan fingerprint density at radius 1 is 1.00 bits per heavy atom. The lowest BCUT2D eigenvalue weighted by Crippen LogP contribution is -2.52. The number of aromatic nitrogens is 1. The summed E-state index contributed by atoms with van der Waals surface area (Å²) in [6.45, 7) is 11.3. The molecule has 0 atom stereocenters. The lowest BCUT2D eigenvalue weighted by Gasteiger charge is -2.36. The summed E-state index contributed by atoms with van der Waals surface area (Å²) < 4.78 is 4.94. The average molecular weight is 441 g/mol. The van der Waals surface area contributed by atoms with E-state index in [2.05, 4.69) is 56.4 Å². The van der Waals surface area contributed by atoms with Crippen LogP contribution in [0.4, 0.5) is 0 Å². The van der Waals surface area contributed by atoms with Crippen LogP contribution in [0.3, 0.4) is 0 Å². The molecule has 0 amide bonds. The zero-order valence-corrected chi connectivity index (χ0v) is 19.1. The second-order valence-corrected chi connectivity index (χ2v) is 8.75. The van der Waals surface area contributed by atoms with Gasteiger partial charge in [0, 0.05) is 65.0 Å². The van der Waals surface area contributed by atoms with Gasteiger partial charge < -0.3 is 19.8 Å². The number of aliphatic imine (C=N–C) groups is 1. The number of piperidine rings is 1. The molecule has 1 aromatic carbocycles. The van der Waals surface area contributed by atoms with Gasteiger partial charge in [0.2, 0.25) is 0 Å². The Bertz CT molecular complexity index is 823. The Labute approximate surface area is 190 Å². The highest BCUT2D eigenvalue weighted by molar-refractivity contribution is 5.80. The second kappa shape index (κ2) is 11.4. The summed E-state index contributed by atoms with van der Waals surface area (Å²) in [5.41, 5.74) is 3.53. The fourth-order valence-electron chi connectivity index (χ4n) is 4.34. The molecular formula is C24H36N6O2. The first-order chi connectivity index (χ1) is 15.7. The maximum atomic E-state index is 9.67. The Hall–Kier alpha value is -2.42. The standard InChI is InChI=1S/C24H36N6O2/c1-2-25-24(30-14-12-29(13-15-30)19-22-9-16-32-27-22)26-17-20-3-5-21(6-4-20)18-28-10-7-23(31)8-11-28/h3-6,9,16,23,31H,2,7-8,10-15,17-19H2,1H3,(H,25,26). The van der Waals surface area contributed by atoms with Gasteiger partial charge in [0.15, 0.2) is 5.96 Å². The van der Waals surface area contributed by atoms with Crippen molar-refractivity contribution >= 4 is 5.96 Å². The fourth-order valence-corrected chi connectivity index (χ4v) is 4.34. The van der Waals surface area contributed by atoms with Gasteiger partial charge in [-0.15, -0.1) is 0 Å². The topological polar surface area (TPSA) is 80.4 Å². The van der Waals surface area contributed by atoms with Gasteiger partial charge in [-0.05, 0) is 30.9 Å². The third-order valence-corrected chi connectivity index (χ3v) is 6.28. The number of benzene rings is 1. The van der Waals surface area contributed by atoms with E-state index >= 15 is 0 Å². The van der Waals surface area contributed by atoms with Crippen LogP contribution in [0.15, 0.2) is 46.1 Å². The summed E-state index contributed by atoms with van der Waals surface area (Å²) in [6.07, 6.45) is 3.28. The first-order valence-electron chi connectivity index (χ1n) is 11.8. The Balaban J connectivity index is 1.27. The van der Waals surface area contributed by atoms with E-state index in [-0.39, 0.29) is 6.10 Å². The van der Waals surface area contributed by atoms with Gasteiger partial charge in [-0.1, -0.05) is 29.4 Å². The predicted octanol–water partition coefficient (Wildman–Crippen LogP) is 1.91. The van der Waals surface area contributed by atoms with E-state index in [9.17, 15) is 5.11 Å². The summed E-state index contributed by atoms with van der Waals surface area (Å²) >= 11 is 0. The maximum Gasteiger partial charge on any atom is 0.194 e. The molecule has 8 heteroatoms. The molecule has 2 saturated heterocycles. The minimum Gasteiger partial charge on any atom is -0.393 e. The maximum absolute atomic E-state index is 9.67. The molecule has 8 nitrogen and oxygen atoms in total. The van der Waals surface area contributed by atoms with Crippen LogP contribution in [0.25, 0.3) is 0 Å². The molecule has 174 valence electrons. The van der Waals surface area contributed by atoms with E-state index < -0.39 is 0 Å². The van der Waals surface area contributed by atoms with Crippen LogP contribution in [0.2, 0.25) is 0 Å². The van der Waals surface area contributed by atoms with Gasteiger partial charge in [-0.3, -0.25) is 9.80 Å². The highest BCUT2D eigenvalue weighted by Crippen LogP contribution is 2.15. The summed E-state index contributed by atoms with van der Waals surface area (Å²) in [6, 6.07) is 10.7. The zero-order chi connectivity index (χ0) is 22.2. The minimum atomic E-state index is -0.117. The average Bonchev–Trinajstić information content (AvgIpc) is 3.33. The van der Waals surface area contributed by atoms with Gasteiger partial charge in [0.25, 0.3) is 0 Å². The summed E-state index contributed by atoms with van der Waals surface area (Å²) in [5.74, 6) is 0.990. The number of aliphatic hydroxyl groups excluding tert-OH is 1. The highest BCUT2D eigenvalue weighted by Gasteiger charge is 2.20. The molecular weight excluding hydrogens is 404 g/mol. The largest absolute Gasteiger partial charge is 0.393 e. The molecule has 2 aliphatic heterocycles. The van der Waals surface area contributed by atoms with E-state index in [0.717, 1.165) is 83.4 Å². The van der Waals surface area contributed by atoms with Crippen LogP contribution < -0.4 is 5.32 Å². The Kier molecular flexibility index (Phi) is 8.14. The molecule has 0 aliphatic carbocycles. The number of rotatable bonds is 7. The Morgan fingerprint density at radius 2 is 1.69 bits per heavy atom. The smallest absolute Gasteiger partial charge is 0.194 e. The number of piperazine rings is 1. The molecule has 1 aromatic heterocycles. The van der Waals surface area contributed by atoms with Crippen molar-refractivity contribution in [2.45, 2.75) is 45.5 Å². The van der Waals surface area contributed by atoms with Gasteiger partial charge >= 0.3 is 0 Å². The monoisotopic (exact) mass is 440 g/mol. The molecule has 3 heterocycles. The number of likely N-dealkylation sites (tertiary alicyclic amines) is 1. The van der Waals surface area contributed by atoms with Crippen molar-refractivity contribution < 1.29 is 9.63 Å². The third kappa shape index (κ3) is 6.54. The first-order valence-corrected chi connectivity index (χ1v) is 11.8. The molecule has 2 N–H and O–H groups in total. The van der Waals surface area contributed by atoms with Crippen molar-refractivity contribution in [2.75, 3.05) is 45.8 Å². The van der Waals surface area contributed by atoms with Crippen LogP contribution in [0.1, 0.15) is 36.6 Å². The molecule has 2 aliphatic rings. The van der Waals surface area contributed by atoms with Crippen molar-refractivity contribution in [1.82, 2.24) is 25.2 Å². The van der Waals surface area contributed by atoms with E-state index in [4.69, 9.17) is 9.52 Å². The fraction of sp³-hybridized carbons (Fsp3) is 0.583. The number of nitrogens with one attached hydrogen (secondary N) is 1.